The van der Waals surface area contributed by atoms with E-state index in [1.807, 2.05) is 6.07 Å². The van der Waals surface area contributed by atoms with Crippen molar-refractivity contribution in [1.29, 1.82) is 5.26 Å². The summed E-state index contributed by atoms with van der Waals surface area (Å²) in [4.78, 5) is 0. The molecule has 1 aromatic rings. The van der Waals surface area contributed by atoms with Crippen molar-refractivity contribution in [1.82, 2.24) is 0 Å². The average molecular weight is 436 g/mol. The third-order valence-corrected chi connectivity index (χ3v) is 5.56. The van der Waals surface area contributed by atoms with E-state index in [1.54, 1.807) is 6.07 Å². The van der Waals surface area contributed by atoms with Crippen LogP contribution >= 0.6 is 0 Å². The van der Waals surface area contributed by atoms with Gasteiger partial charge in [0.25, 0.3) is 0 Å². The average Bonchev–Trinajstić information content (AvgIpc) is 2.79. The van der Waals surface area contributed by atoms with Gasteiger partial charge in [-0.1, -0.05) is 90.0 Å². The minimum atomic E-state index is -0.475. The number of aliphatic hydroxyl groups excluding tert-OH is 1. The Morgan fingerprint density at radius 2 is 1.52 bits per heavy atom. The van der Waals surface area contributed by atoms with Gasteiger partial charge in [0, 0.05) is 12.2 Å². The highest BCUT2D eigenvalue weighted by atomic mass is 19.1. The van der Waals surface area contributed by atoms with E-state index in [0.717, 1.165) is 12.8 Å². The minimum absolute atomic E-state index is 0.0465. The summed E-state index contributed by atoms with van der Waals surface area (Å²) in [6, 6.07) is 6.19. The molecule has 176 valence electrons. The number of rotatable bonds is 20. The Morgan fingerprint density at radius 3 is 2.03 bits per heavy atom. The van der Waals surface area contributed by atoms with Crippen LogP contribution in [0.3, 0.4) is 0 Å². The molecule has 0 heterocycles. The third kappa shape index (κ3) is 14.2. The van der Waals surface area contributed by atoms with E-state index in [1.165, 1.54) is 82.8 Å². The summed E-state index contributed by atoms with van der Waals surface area (Å²) in [6.45, 7) is 3.09. The molecule has 0 saturated heterocycles. The van der Waals surface area contributed by atoms with E-state index in [0.29, 0.717) is 18.8 Å². The standard InChI is InChI=1S/C26H42FNO3/c1-2-3-4-5-6-7-8-9-10-11-12-13-14-17-30-22-25(20-29)31-21-24-16-15-23(19-28)18-26(24)27/h15-16,18,25,29H,2-14,17,20-22H2,1H3/t25-/m0/s1. The molecule has 0 radical (unpaired) electrons. The number of hydrogen-bond donors (Lipinski definition) is 1. The predicted molar refractivity (Wildman–Crippen MR) is 123 cm³/mol. The van der Waals surface area contributed by atoms with Gasteiger partial charge in [0.1, 0.15) is 11.9 Å². The molecule has 4 nitrogen and oxygen atoms in total. The predicted octanol–water partition coefficient (Wildman–Crippen LogP) is 6.68. The largest absolute Gasteiger partial charge is 0.394 e. The Kier molecular flexibility index (Phi) is 17.1. The molecule has 1 rings (SSSR count). The van der Waals surface area contributed by atoms with E-state index in [9.17, 15) is 9.50 Å². The SMILES string of the molecule is CCCCCCCCCCCCCCCOC[C@H](CO)OCc1ccc(C#N)cc1F. The normalized spacial score (nSPS) is 12.1. The third-order valence-electron chi connectivity index (χ3n) is 5.56. The maximum absolute atomic E-state index is 13.9. The first-order chi connectivity index (χ1) is 15.2. The number of aliphatic hydroxyl groups is 1. The number of halogens is 1. The fourth-order valence-electron chi connectivity index (χ4n) is 3.53. The lowest BCUT2D eigenvalue weighted by Crippen LogP contribution is -2.24. The number of nitriles is 1. The highest BCUT2D eigenvalue weighted by molar-refractivity contribution is 5.32. The maximum atomic E-state index is 13.9. The van der Waals surface area contributed by atoms with Crippen LogP contribution in [0.5, 0.6) is 0 Å². The van der Waals surface area contributed by atoms with Crippen LogP contribution < -0.4 is 0 Å². The second-order valence-corrected chi connectivity index (χ2v) is 8.35. The highest BCUT2D eigenvalue weighted by Gasteiger charge is 2.11. The van der Waals surface area contributed by atoms with Crippen LogP contribution in [-0.4, -0.2) is 31.0 Å². The summed E-state index contributed by atoms with van der Waals surface area (Å²) in [5.41, 5.74) is 0.648. The summed E-state index contributed by atoms with van der Waals surface area (Å²) >= 11 is 0. The van der Waals surface area contributed by atoms with Crippen LogP contribution in [0.4, 0.5) is 4.39 Å². The van der Waals surface area contributed by atoms with E-state index in [4.69, 9.17) is 14.7 Å². The molecule has 0 fully saturated rings. The number of ether oxygens (including phenoxy) is 2. The monoisotopic (exact) mass is 435 g/mol. The summed E-state index contributed by atoms with van der Waals surface area (Å²) in [5.74, 6) is -0.469. The molecule has 1 N–H and O–H groups in total. The van der Waals surface area contributed by atoms with E-state index >= 15 is 0 Å². The zero-order valence-electron chi connectivity index (χ0n) is 19.4. The van der Waals surface area contributed by atoms with Crippen LogP contribution in [-0.2, 0) is 16.1 Å². The van der Waals surface area contributed by atoms with Crippen LogP contribution in [0.15, 0.2) is 18.2 Å². The maximum Gasteiger partial charge on any atom is 0.130 e. The Hall–Kier alpha value is -1.48. The van der Waals surface area contributed by atoms with Crippen LogP contribution in [0.2, 0.25) is 0 Å². The molecule has 0 aromatic heterocycles. The Balaban J connectivity index is 1.95. The van der Waals surface area contributed by atoms with Crippen molar-refractivity contribution in [3.63, 3.8) is 0 Å². The molecule has 31 heavy (non-hydrogen) atoms. The second-order valence-electron chi connectivity index (χ2n) is 8.35. The lowest BCUT2D eigenvalue weighted by molar-refractivity contribution is -0.0509. The molecule has 1 aromatic carbocycles. The quantitative estimate of drug-likeness (QED) is 0.232. The topological polar surface area (TPSA) is 62.5 Å². The van der Waals surface area contributed by atoms with Crippen molar-refractivity contribution in [3.8, 4) is 6.07 Å². The summed E-state index contributed by atoms with van der Waals surface area (Å²) in [5, 5.41) is 18.2. The molecule has 0 aliphatic carbocycles. The van der Waals surface area contributed by atoms with Crippen molar-refractivity contribution in [2.45, 2.75) is 103 Å². The second kappa shape index (κ2) is 19.2. The molecule has 0 spiro atoms. The van der Waals surface area contributed by atoms with Crippen LogP contribution in [0, 0.1) is 17.1 Å². The first-order valence-electron chi connectivity index (χ1n) is 12.2. The van der Waals surface area contributed by atoms with Crippen molar-refractivity contribution < 1.29 is 19.0 Å². The molecule has 0 amide bonds. The van der Waals surface area contributed by atoms with Gasteiger partial charge in [0.05, 0.1) is 31.5 Å². The van der Waals surface area contributed by atoms with Crippen molar-refractivity contribution in [2.24, 2.45) is 0 Å². The number of hydrogen-bond acceptors (Lipinski definition) is 4. The van der Waals surface area contributed by atoms with Gasteiger partial charge in [0.15, 0.2) is 0 Å². The molecule has 5 heteroatoms. The summed E-state index contributed by atoms with van der Waals surface area (Å²) in [6.07, 6.45) is 16.6. The van der Waals surface area contributed by atoms with Gasteiger partial charge in [-0.25, -0.2) is 4.39 Å². The molecule has 0 saturated carbocycles. The molecule has 0 aliphatic heterocycles. The Labute approximate surface area is 188 Å². The number of unbranched alkanes of at least 4 members (excludes halogenated alkanes) is 12. The van der Waals surface area contributed by atoms with E-state index < -0.39 is 11.9 Å². The van der Waals surface area contributed by atoms with Gasteiger partial charge in [0.2, 0.25) is 0 Å². The molecule has 0 unspecified atom stereocenters. The van der Waals surface area contributed by atoms with E-state index in [2.05, 4.69) is 6.92 Å². The first kappa shape index (κ1) is 27.6. The zero-order chi connectivity index (χ0) is 22.6. The number of benzene rings is 1. The van der Waals surface area contributed by atoms with Gasteiger partial charge in [-0.3, -0.25) is 0 Å². The van der Waals surface area contributed by atoms with Gasteiger partial charge >= 0.3 is 0 Å². The molecular formula is C26H42FNO3. The molecule has 1 atom stereocenters. The number of nitrogens with zero attached hydrogens (tertiary/aromatic N) is 1. The lowest BCUT2D eigenvalue weighted by Gasteiger charge is -2.16. The van der Waals surface area contributed by atoms with Gasteiger partial charge in [-0.2, -0.15) is 5.26 Å². The Bertz CT molecular complexity index is 603. The van der Waals surface area contributed by atoms with Crippen molar-refractivity contribution >= 4 is 0 Å². The van der Waals surface area contributed by atoms with Gasteiger partial charge in [-0.15, -0.1) is 0 Å². The van der Waals surface area contributed by atoms with Gasteiger partial charge in [-0.05, 0) is 18.6 Å². The van der Waals surface area contributed by atoms with Crippen LogP contribution in [0.1, 0.15) is 102 Å². The lowest BCUT2D eigenvalue weighted by atomic mass is 10.0. The van der Waals surface area contributed by atoms with Crippen molar-refractivity contribution in [3.05, 3.63) is 35.1 Å². The molecular weight excluding hydrogens is 393 g/mol. The minimum Gasteiger partial charge on any atom is -0.394 e. The smallest absolute Gasteiger partial charge is 0.130 e. The zero-order valence-corrected chi connectivity index (χ0v) is 19.4. The molecule has 0 bridgehead atoms. The first-order valence-corrected chi connectivity index (χ1v) is 12.2. The van der Waals surface area contributed by atoms with E-state index in [-0.39, 0.29) is 18.8 Å². The Morgan fingerprint density at radius 1 is 0.935 bits per heavy atom. The fraction of sp³-hybridized carbons (Fsp3) is 0.731. The highest BCUT2D eigenvalue weighted by Crippen LogP contribution is 2.14. The summed E-state index contributed by atoms with van der Waals surface area (Å²) < 4.78 is 25.0. The fourth-order valence-corrected chi connectivity index (χ4v) is 3.53. The van der Waals surface area contributed by atoms with Gasteiger partial charge < -0.3 is 14.6 Å². The molecule has 0 aliphatic rings. The van der Waals surface area contributed by atoms with Crippen molar-refractivity contribution in [2.75, 3.05) is 19.8 Å². The summed E-state index contributed by atoms with van der Waals surface area (Å²) in [7, 11) is 0. The van der Waals surface area contributed by atoms with Crippen LogP contribution in [0.25, 0.3) is 0 Å².